The Balaban J connectivity index is 1.36. The molecule has 1 spiro atoms. The summed E-state index contributed by atoms with van der Waals surface area (Å²) in [6, 6.07) is 0.679. The zero-order chi connectivity index (χ0) is 13.1. The van der Waals surface area contributed by atoms with Crippen molar-refractivity contribution in [2.75, 3.05) is 39.9 Å². The highest BCUT2D eigenvalue weighted by atomic mass is 16.7. The molecule has 3 fully saturated rings. The fourth-order valence-corrected chi connectivity index (χ4v) is 3.65. The molecule has 1 N–H and O–H groups in total. The van der Waals surface area contributed by atoms with Gasteiger partial charge >= 0.3 is 0 Å². The minimum absolute atomic E-state index is 0.203. The van der Waals surface area contributed by atoms with Crippen LogP contribution in [0.2, 0.25) is 0 Å². The Morgan fingerprint density at radius 2 is 1.68 bits per heavy atom. The number of hydrogen-bond acceptors (Lipinski definition) is 4. The Morgan fingerprint density at radius 1 is 1.05 bits per heavy atom. The van der Waals surface area contributed by atoms with Gasteiger partial charge in [-0.2, -0.15) is 0 Å². The largest absolute Gasteiger partial charge is 0.348 e. The molecule has 3 aliphatic rings. The molecule has 110 valence electrons. The van der Waals surface area contributed by atoms with Crippen LogP contribution in [0.1, 0.15) is 38.5 Å². The first kappa shape index (κ1) is 13.8. The van der Waals surface area contributed by atoms with Crippen LogP contribution in [0.15, 0.2) is 0 Å². The highest BCUT2D eigenvalue weighted by Gasteiger charge is 2.40. The maximum absolute atomic E-state index is 5.78. The van der Waals surface area contributed by atoms with Gasteiger partial charge in [0.1, 0.15) is 0 Å². The highest BCUT2D eigenvalue weighted by molar-refractivity contribution is 4.86. The Labute approximate surface area is 116 Å². The van der Waals surface area contributed by atoms with Gasteiger partial charge in [-0.15, -0.1) is 0 Å². The molecule has 0 radical (unpaired) electrons. The second kappa shape index (κ2) is 6.08. The lowest BCUT2D eigenvalue weighted by molar-refractivity contribution is -0.179. The van der Waals surface area contributed by atoms with Crippen molar-refractivity contribution in [2.45, 2.75) is 50.4 Å². The van der Waals surface area contributed by atoms with Crippen LogP contribution >= 0.6 is 0 Å². The van der Waals surface area contributed by atoms with Gasteiger partial charge in [0.25, 0.3) is 0 Å². The predicted molar refractivity (Wildman–Crippen MR) is 75.1 cm³/mol. The van der Waals surface area contributed by atoms with Gasteiger partial charge in [-0.05, 0) is 58.3 Å². The van der Waals surface area contributed by atoms with Crippen molar-refractivity contribution in [3.8, 4) is 0 Å². The molecule has 0 bridgehead atoms. The molecule has 0 atom stereocenters. The lowest BCUT2D eigenvalue weighted by Crippen LogP contribution is -2.44. The minimum Gasteiger partial charge on any atom is -0.348 e. The quantitative estimate of drug-likeness (QED) is 0.843. The number of likely N-dealkylation sites (tertiary alicyclic amines) is 1. The van der Waals surface area contributed by atoms with Gasteiger partial charge in [0.05, 0.1) is 13.2 Å². The lowest BCUT2D eigenvalue weighted by atomic mass is 9.89. The maximum Gasteiger partial charge on any atom is 0.168 e. The fraction of sp³-hybridized carbons (Fsp3) is 1.00. The summed E-state index contributed by atoms with van der Waals surface area (Å²) in [6.07, 6.45) is 7.24. The summed E-state index contributed by atoms with van der Waals surface area (Å²) < 4.78 is 11.6. The van der Waals surface area contributed by atoms with E-state index >= 15 is 0 Å². The number of ether oxygens (including phenoxy) is 2. The molecule has 0 amide bonds. The van der Waals surface area contributed by atoms with Crippen LogP contribution < -0.4 is 5.32 Å². The summed E-state index contributed by atoms with van der Waals surface area (Å²) in [7, 11) is 2.23. The van der Waals surface area contributed by atoms with Crippen molar-refractivity contribution in [2.24, 2.45) is 5.92 Å². The van der Waals surface area contributed by atoms with E-state index in [2.05, 4.69) is 17.3 Å². The van der Waals surface area contributed by atoms with E-state index in [1.165, 1.54) is 45.3 Å². The van der Waals surface area contributed by atoms with Crippen molar-refractivity contribution in [1.29, 1.82) is 0 Å². The molecule has 2 heterocycles. The average Bonchev–Trinajstić information content (AvgIpc) is 2.89. The number of nitrogens with zero attached hydrogens (tertiary/aromatic N) is 1. The molecule has 2 saturated heterocycles. The molecule has 4 heteroatoms. The number of piperidine rings is 1. The van der Waals surface area contributed by atoms with E-state index in [0.29, 0.717) is 6.04 Å². The number of hydrogen-bond donors (Lipinski definition) is 1. The van der Waals surface area contributed by atoms with Gasteiger partial charge in [0, 0.05) is 18.9 Å². The van der Waals surface area contributed by atoms with Crippen LogP contribution in [-0.4, -0.2) is 56.6 Å². The summed E-state index contributed by atoms with van der Waals surface area (Å²) >= 11 is 0. The molecular weight excluding hydrogens is 240 g/mol. The zero-order valence-electron chi connectivity index (χ0n) is 12.2. The van der Waals surface area contributed by atoms with Crippen LogP contribution in [0.25, 0.3) is 0 Å². The normalized spacial score (nSPS) is 30.2. The molecular formula is C15H28N2O2. The van der Waals surface area contributed by atoms with E-state index in [1.54, 1.807) is 0 Å². The van der Waals surface area contributed by atoms with Gasteiger partial charge < -0.3 is 19.7 Å². The summed E-state index contributed by atoms with van der Waals surface area (Å²) in [5.41, 5.74) is 0. The Kier molecular flexibility index (Phi) is 4.42. The third kappa shape index (κ3) is 3.48. The van der Waals surface area contributed by atoms with Gasteiger partial charge in [0.2, 0.25) is 0 Å². The van der Waals surface area contributed by atoms with E-state index in [9.17, 15) is 0 Å². The van der Waals surface area contributed by atoms with Crippen LogP contribution in [0, 0.1) is 5.92 Å². The molecule has 1 saturated carbocycles. The summed E-state index contributed by atoms with van der Waals surface area (Å²) in [5.74, 6) is 0.678. The van der Waals surface area contributed by atoms with Gasteiger partial charge in [-0.25, -0.2) is 0 Å². The first-order chi connectivity index (χ1) is 9.26. The number of rotatable bonds is 3. The van der Waals surface area contributed by atoms with E-state index in [4.69, 9.17) is 9.47 Å². The van der Waals surface area contributed by atoms with Gasteiger partial charge in [-0.3, -0.25) is 0 Å². The summed E-state index contributed by atoms with van der Waals surface area (Å²) in [4.78, 5) is 2.44. The van der Waals surface area contributed by atoms with Crippen molar-refractivity contribution >= 4 is 0 Å². The molecule has 4 nitrogen and oxygen atoms in total. The Bertz CT molecular complexity index is 274. The average molecular weight is 268 g/mol. The molecule has 19 heavy (non-hydrogen) atoms. The smallest absolute Gasteiger partial charge is 0.168 e. The first-order valence-electron chi connectivity index (χ1n) is 7.96. The summed E-state index contributed by atoms with van der Waals surface area (Å²) in [6.45, 7) is 5.30. The standard InChI is InChI=1S/C15H28N2O2/c1-17-8-4-13(5-9-17)12-16-14-2-6-15(7-3-14)18-10-11-19-15/h13-14,16H,2-12H2,1H3. The third-order valence-corrected chi connectivity index (χ3v) is 5.09. The van der Waals surface area contributed by atoms with E-state index < -0.39 is 0 Å². The van der Waals surface area contributed by atoms with E-state index in [1.807, 2.05) is 0 Å². The molecule has 0 aromatic rings. The van der Waals surface area contributed by atoms with Crippen LogP contribution in [-0.2, 0) is 9.47 Å². The van der Waals surface area contributed by atoms with Crippen LogP contribution in [0.4, 0.5) is 0 Å². The third-order valence-electron chi connectivity index (χ3n) is 5.09. The summed E-state index contributed by atoms with van der Waals surface area (Å²) in [5, 5.41) is 3.78. The molecule has 0 aromatic carbocycles. The van der Waals surface area contributed by atoms with Gasteiger partial charge in [0.15, 0.2) is 5.79 Å². The predicted octanol–water partition coefficient (Wildman–Crippen LogP) is 1.60. The topological polar surface area (TPSA) is 33.7 Å². The Morgan fingerprint density at radius 3 is 2.32 bits per heavy atom. The molecule has 0 unspecified atom stereocenters. The van der Waals surface area contributed by atoms with Crippen molar-refractivity contribution in [1.82, 2.24) is 10.2 Å². The molecule has 0 aromatic heterocycles. The lowest BCUT2D eigenvalue weighted by Gasteiger charge is -2.37. The second-order valence-corrected chi connectivity index (χ2v) is 6.54. The number of nitrogens with one attached hydrogen (secondary N) is 1. The maximum atomic E-state index is 5.78. The SMILES string of the molecule is CN1CCC(CNC2CCC3(CC2)OCCO3)CC1. The first-order valence-corrected chi connectivity index (χ1v) is 7.96. The van der Waals surface area contributed by atoms with E-state index in [0.717, 1.165) is 32.0 Å². The zero-order valence-corrected chi connectivity index (χ0v) is 12.2. The monoisotopic (exact) mass is 268 g/mol. The van der Waals surface area contributed by atoms with Crippen molar-refractivity contribution < 1.29 is 9.47 Å². The van der Waals surface area contributed by atoms with Gasteiger partial charge in [-0.1, -0.05) is 0 Å². The van der Waals surface area contributed by atoms with E-state index in [-0.39, 0.29) is 5.79 Å². The molecule has 3 rings (SSSR count). The Hall–Kier alpha value is -0.160. The highest BCUT2D eigenvalue weighted by Crippen LogP contribution is 2.35. The molecule has 2 aliphatic heterocycles. The second-order valence-electron chi connectivity index (χ2n) is 6.54. The van der Waals surface area contributed by atoms with Crippen LogP contribution in [0.5, 0.6) is 0 Å². The van der Waals surface area contributed by atoms with Crippen molar-refractivity contribution in [3.63, 3.8) is 0 Å². The minimum atomic E-state index is -0.203. The fourth-order valence-electron chi connectivity index (χ4n) is 3.65. The van der Waals surface area contributed by atoms with Crippen molar-refractivity contribution in [3.05, 3.63) is 0 Å². The molecule has 1 aliphatic carbocycles. The van der Waals surface area contributed by atoms with Crippen LogP contribution in [0.3, 0.4) is 0 Å².